The van der Waals surface area contributed by atoms with E-state index in [-0.39, 0.29) is 16.6 Å². The van der Waals surface area contributed by atoms with E-state index in [4.69, 9.17) is 8.94 Å². The average Bonchev–Trinajstić information content (AvgIpc) is 3.16. The Morgan fingerprint density at radius 3 is 2.75 bits per heavy atom. The zero-order valence-corrected chi connectivity index (χ0v) is 17.7. The van der Waals surface area contributed by atoms with Crippen LogP contribution in [0, 0.1) is 0 Å². The molecule has 0 N–H and O–H groups in total. The van der Waals surface area contributed by atoms with Gasteiger partial charge in [0.1, 0.15) is 11.6 Å². The number of hydrogen-bond donors (Lipinski definition) is 0. The number of hydrogen-bond acceptors (Lipinski definition) is 7. The minimum Gasteiger partial charge on any atom is -0.467 e. The molecule has 1 fully saturated rings. The van der Waals surface area contributed by atoms with Gasteiger partial charge >= 0.3 is 6.18 Å². The summed E-state index contributed by atoms with van der Waals surface area (Å²) in [6, 6.07) is 8.58. The molecule has 7 nitrogen and oxygen atoms in total. The molecule has 0 spiro atoms. The van der Waals surface area contributed by atoms with Crippen LogP contribution in [0.15, 0.2) is 56.8 Å². The van der Waals surface area contributed by atoms with Crippen molar-refractivity contribution in [3.05, 3.63) is 65.7 Å². The fourth-order valence-corrected chi connectivity index (χ4v) is 4.18. The zero-order chi connectivity index (χ0) is 22.3. The Kier molecular flexibility index (Phi) is 5.28. The van der Waals surface area contributed by atoms with E-state index in [0.29, 0.717) is 23.5 Å². The van der Waals surface area contributed by atoms with Crippen LogP contribution in [0.1, 0.15) is 54.0 Å². The van der Waals surface area contributed by atoms with Gasteiger partial charge in [0, 0.05) is 11.5 Å². The van der Waals surface area contributed by atoms with E-state index in [9.17, 15) is 13.2 Å². The Hall–Kier alpha value is -3.08. The normalized spacial score (nSPS) is 15.2. The fourth-order valence-electron chi connectivity index (χ4n) is 3.30. The zero-order valence-electron chi connectivity index (χ0n) is 16.9. The molecule has 0 bridgehead atoms. The summed E-state index contributed by atoms with van der Waals surface area (Å²) in [7, 11) is 0. The van der Waals surface area contributed by atoms with Gasteiger partial charge in [-0.1, -0.05) is 29.1 Å². The molecule has 3 heterocycles. The molecule has 1 aliphatic carbocycles. The van der Waals surface area contributed by atoms with Crippen LogP contribution in [0.5, 0.6) is 0 Å². The summed E-state index contributed by atoms with van der Waals surface area (Å²) in [6.07, 6.45) is -0.649. The third-order valence-corrected chi connectivity index (χ3v) is 6.17. The van der Waals surface area contributed by atoms with Gasteiger partial charge in [-0.15, -0.1) is 10.2 Å². The van der Waals surface area contributed by atoms with Gasteiger partial charge in [0.05, 0.1) is 23.6 Å². The van der Waals surface area contributed by atoms with E-state index < -0.39 is 11.7 Å². The van der Waals surface area contributed by atoms with Crippen LogP contribution in [0.25, 0.3) is 11.4 Å². The smallest absolute Gasteiger partial charge is 0.416 e. The quantitative estimate of drug-likeness (QED) is 0.326. The largest absolute Gasteiger partial charge is 0.467 e. The van der Waals surface area contributed by atoms with Gasteiger partial charge in [0.15, 0.2) is 5.16 Å². The number of rotatable bonds is 7. The summed E-state index contributed by atoms with van der Waals surface area (Å²) >= 11 is 1.40. The topological polar surface area (TPSA) is 82.8 Å². The van der Waals surface area contributed by atoms with E-state index in [2.05, 4.69) is 20.3 Å². The van der Waals surface area contributed by atoms with Gasteiger partial charge in [0.25, 0.3) is 0 Å². The molecule has 4 aromatic rings. The molecule has 0 saturated heterocycles. The fraction of sp³-hybridized carbons (Fsp3) is 0.333. The summed E-state index contributed by atoms with van der Waals surface area (Å²) in [5.41, 5.74) is -0.522. The number of furan rings is 1. The molecule has 1 aliphatic rings. The van der Waals surface area contributed by atoms with Crippen LogP contribution in [-0.4, -0.2) is 24.9 Å². The predicted octanol–water partition coefficient (Wildman–Crippen LogP) is 5.72. The molecular weight excluding hydrogens is 443 g/mol. The number of alkyl halides is 3. The summed E-state index contributed by atoms with van der Waals surface area (Å²) < 4.78 is 51.9. The molecule has 11 heteroatoms. The van der Waals surface area contributed by atoms with Crippen molar-refractivity contribution in [1.29, 1.82) is 0 Å². The van der Waals surface area contributed by atoms with Crippen molar-refractivity contribution in [2.75, 3.05) is 0 Å². The van der Waals surface area contributed by atoms with Crippen molar-refractivity contribution in [3.63, 3.8) is 0 Å². The van der Waals surface area contributed by atoms with E-state index >= 15 is 0 Å². The van der Waals surface area contributed by atoms with E-state index in [1.54, 1.807) is 6.26 Å². The van der Waals surface area contributed by atoms with Crippen LogP contribution >= 0.6 is 11.8 Å². The Labute approximate surface area is 185 Å². The Morgan fingerprint density at radius 1 is 1.19 bits per heavy atom. The van der Waals surface area contributed by atoms with Gasteiger partial charge in [-0.05, 0) is 44.0 Å². The molecule has 0 aliphatic heterocycles. The third-order valence-electron chi connectivity index (χ3n) is 5.10. The highest BCUT2D eigenvalue weighted by Crippen LogP contribution is 2.42. The lowest BCUT2D eigenvalue weighted by Crippen LogP contribution is -2.06. The van der Waals surface area contributed by atoms with Crippen LogP contribution in [0.2, 0.25) is 0 Å². The van der Waals surface area contributed by atoms with Crippen molar-refractivity contribution in [3.8, 4) is 11.4 Å². The maximum Gasteiger partial charge on any atom is 0.416 e. The molecule has 5 rings (SSSR count). The third kappa shape index (κ3) is 4.29. The molecule has 1 atom stereocenters. The van der Waals surface area contributed by atoms with E-state index in [1.165, 1.54) is 23.9 Å². The van der Waals surface area contributed by atoms with E-state index in [1.807, 2.05) is 23.6 Å². The molecule has 32 heavy (non-hydrogen) atoms. The van der Waals surface area contributed by atoms with Crippen molar-refractivity contribution >= 4 is 11.8 Å². The van der Waals surface area contributed by atoms with Gasteiger partial charge in [-0.25, -0.2) is 0 Å². The van der Waals surface area contributed by atoms with E-state index in [0.717, 1.165) is 36.6 Å². The van der Waals surface area contributed by atoms with Gasteiger partial charge in [-0.2, -0.15) is 18.2 Å². The van der Waals surface area contributed by atoms with Crippen LogP contribution in [0.3, 0.4) is 0 Å². The van der Waals surface area contributed by atoms with Gasteiger partial charge in [-0.3, -0.25) is 4.57 Å². The number of halogens is 3. The predicted molar refractivity (Wildman–Crippen MR) is 109 cm³/mol. The second kappa shape index (κ2) is 8.12. The van der Waals surface area contributed by atoms with Crippen LogP contribution < -0.4 is 0 Å². The highest BCUT2D eigenvalue weighted by Gasteiger charge is 2.32. The first kappa shape index (κ1) is 20.8. The molecular formula is C21H18F3N5O2S. The van der Waals surface area contributed by atoms with Crippen molar-refractivity contribution in [2.45, 2.75) is 48.8 Å². The highest BCUT2D eigenvalue weighted by molar-refractivity contribution is 7.99. The first-order valence-corrected chi connectivity index (χ1v) is 10.9. The summed E-state index contributed by atoms with van der Waals surface area (Å²) in [5.74, 6) is 2.52. The number of nitrogens with zero attached hydrogens (tertiary/aromatic N) is 5. The minimum atomic E-state index is -4.44. The minimum absolute atomic E-state index is 0.106. The lowest BCUT2D eigenvalue weighted by atomic mass is 10.1. The summed E-state index contributed by atoms with van der Waals surface area (Å²) in [6.45, 7) is 2.39. The van der Waals surface area contributed by atoms with Crippen molar-refractivity contribution in [2.24, 2.45) is 0 Å². The molecule has 166 valence electrons. The highest BCUT2D eigenvalue weighted by atomic mass is 32.2. The SMILES string of the molecule is CC(Sc1nnc(C2CC2)n1Cc1ccco1)c1nc(-c2cccc(C(F)(F)F)c2)no1. The molecule has 1 aromatic carbocycles. The molecule has 0 radical (unpaired) electrons. The lowest BCUT2D eigenvalue weighted by molar-refractivity contribution is -0.137. The maximum absolute atomic E-state index is 13.0. The van der Waals surface area contributed by atoms with Crippen molar-refractivity contribution < 1.29 is 22.1 Å². The number of thioether (sulfide) groups is 1. The summed E-state index contributed by atoms with van der Waals surface area (Å²) in [5, 5.41) is 13.0. The average molecular weight is 461 g/mol. The lowest BCUT2D eigenvalue weighted by Gasteiger charge is -2.10. The molecule has 0 amide bonds. The van der Waals surface area contributed by atoms with Crippen LogP contribution in [-0.2, 0) is 12.7 Å². The van der Waals surface area contributed by atoms with Gasteiger partial charge < -0.3 is 8.94 Å². The molecule has 1 unspecified atom stereocenters. The molecule has 3 aromatic heterocycles. The second-order valence-electron chi connectivity index (χ2n) is 7.58. The first-order valence-electron chi connectivity index (χ1n) is 10.0. The van der Waals surface area contributed by atoms with Gasteiger partial charge in [0.2, 0.25) is 11.7 Å². The Morgan fingerprint density at radius 2 is 2.03 bits per heavy atom. The Balaban J connectivity index is 1.37. The maximum atomic E-state index is 13.0. The second-order valence-corrected chi connectivity index (χ2v) is 8.88. The monoisotopic (exact) mass is 461 g/mol. The standard InChI is InChI=1S/C21H18F3N5O2S/c1-12(19-25-17(28-31-19)14-4-2-5-15(10-14)21(22,23)24)32-20-27-26-18(13-7-8-13)29(20)11-16-6-3-9-30-16/h2-6,9-10,12-13H,7-8,11H2,1H3. The molecule has 1 saturated carbocycles. The van der Waals surface area contributed by atoms with Crippen molar-refractivity contribution in [1.82, 2.24) is 24.9 Å². The van der Waals surface area contributed by atoms with Crippen LogP contribution in [0.4, 0.5) is 13.2 Å². The first-order chi connectivity index (χ1) is 15.4. The Bertz CT molecular complexity index is 1210. The summed E-state index contributed by atoms with van der Waals surface area (Å²) in [4.78, 5) is 4.32. The number of aromatic nitrogens is 5. The number of benzene rings is 1.